The molecule has 0 fully saturated rings. The topological polar surface area (TPSA) is 102 Å². The van der Waals surface area contributed by atoms with Gasteiger partial charge in [-0.15, -0.1) is 0 Å². The normalized spacial score (nSPS) is 12.4. The van der Waals surface area contributed by atoms with Crippen molar-refractivity contribution in [2.75, 3.05) is 11.9 Å². The molecule has 0 aromatic heterocycles. The summed E-state index contributed by atoms with van der Waals surface area (Å²) in [7, 11) is -3.99. The second kappa shape index (κ2) is 9.57. The molecule has 0 aliphatic carbocycles. The molecule has 0 aliphatic rings. The summed E-state index contributed by atoms with van der Waals surface area (Å²) in [6.45, 7) is 2.40. The molecule has 0 unspecified atom stereocenters. The van der Waals surface area contributed by atoms with Crippen LogP contribution in [0, 0.1) is 17.6 Å². The summed E-state index contributed by atoms with van der Waals surface area (Å²) in [6, 6.07) is 8.70. The number of hydrogen-bond donors (Lipinski definition) is 2. The Morgan fingerprint density at radius 2 is 1.72 bits per heavy atom. The van der Waals surface area contributed by atoms with Crippen molar-refractivity contribution in [2.24, 2.45) is 5.92 Å². The summed E-state index contributed by atoms with van der Waals surface area (Å²) in [5.41, 5.74) is -0.406. The molecule has 0 saturated carbocycles. The molecule has 2 N–H and O–H groups in total. The Morgan fingerprint density at radius 1 is 1.07 bits per heavy atom. The number of esters is 1. The van der Waals surface area contributed by atoms with Crippen molar-refractivity contribution in [3.63, 3.8) is 0 Å². The Kier molecular flexibility index (Phi) is 7.40. The smallest absolute Gasteiger partial charge is 0.324 e. The highest BCUT2D eigenvalue weighted by molar-refractivity contribution is 7.89. The maximum atomic E-state index is 13.5. The number of amides is 1. The van der Waals surface area contributed by atoms with Gasteiger partial charge in [0.05, 0.1) is 10.6 Å². The zero-order chi connectivity index (χ0) is 21.6. The molecule has 0 radical (unpaired) electrons. The maximum Gasteiger partial charge on any atom is 0.324 e. The number of nitrogens with one attached hydrogen (secondary N) is 2. The van der Waals surface area contributed by atoms with E-state index in [4.69, 9.17) is 4.74 Å². The lowest BCUT2D eigenvalue weighted by Gasteiger charge is -2.20. The van der Waals surface area contributed by atoms with Gasteiger partial charge < -0.3 is 10.1 Å². The van der Waals surface area contributed by atoms with E-state index < -0.39 is 57.8 Å². The van der Waals surface area contributed by atoms with E-state index in [-0.39, 0.29) is 4.90 Å². The number of ether oxygens (including phenoxy) is 1. The van der Waals surface area contributed by atoms with Crippen LogP contribution in [-0.4, -0.2) is 32.9 Å². The number of carbonyl (C=O) groups is 2. The van der Waals surface area contributed by atoms with Crippen LogP contribution in [0.15, 0.2) is 53.4 Å². The minimum atomic E-state index is -3.99. The van der Waals surface area contributed by atoms with Gasteiger partial charge in [0.2, 0.25) is 10.0 Å². The van der Waals surface area contributed by atoms with Crippen molar-refractivity contribution in [1.29, 1.82) is 0 Å². The molecule has 156 valence electrons. The molecule has 7 nitrogen and oxygen atoms in total. The first kappa shape index (κ1) is 22.4. The lowest BCUT2D eigenvalue weighted by molar-refractivity contribution is -0.150. The van der Waals surface area contributed by atoms with E-state index in [0.717, 1.165) is 18.2 Å². The van der Waals surface area contributed by atoms with Gasteiger partial charge >= 0.3 is 5.97 Å². The summed E-state index contributed by atoms with van der Waals surface area (Å²) in [4.78, 5) is 24.1. The second-order valence-electron chi connectivity index (χ2n) is 6.44. The van der Waals surface area contributed by atoms with Crippen molar-refractivity contribution >= 4 is 27.6 Å². The fraction of sp³-hybridized carbons (Fsp3) is 0.263. The zero-order valence-electron chi connectivity index (χ0n) is 15.7. The summed E-state index contributed by atoms with van der Waals surface area (Å²) in [6.07, 6.45) is 0. The molecule has 2 aromatic rings. The van der Waals surface area contributed by atoms with Crippen LogP contribution in [0.1, 0.15) is 13.8 Å². The van der Waals surface area contributed by atoms with E-state index in [1.54, 1.807) is 19.9 Å². The number of carbonyl (C=O) groups excluding carboxylic acids is 2. The zero-order valence-corrected chi connectivity index (χ0v) is 16.5. The maximum absolute atomic E-state index is 13.5. The first-order valence-electron chi connectivity index (χ1n) is 8.59. The summed E-state index contributed by atoms with van der Waals surface area (Å²) in [5.74, 6) is -3.98. The minimum Gasteiger partial charge on any atom is -0.454 e. The first-order valence-corrected chi connectivity index (χ1v) is 10.1. The Hall–Kier alpha value is -2.85. The second-order valence-corrected chi connectivity index (χ2v) is 8.15. The van der Waals surface area contributed by atoms with E-state index in [1.165, 1.54) is 24.3 Å². The van der Waals surface area contributed by atoms with Crippen molar-refractivity contribution < 1.29 is 31.5 Å². The van der Waals surface area contributed by atoms with Crippen LogP contribution in [0.5, 0.6) is 0 Å². The van der Waals surface area contributed by atoms with Crippen molar-refractivity contribution in [1.82, 2.24) is 4.72 Å². The molecule has 2 aromatic carbocycles. The Balaban J connectivity index is 2.01. The number of benzene rings is 2. The van der Waals surface area contributed by atoms with E-state index >= 15 is 0 Å². The molecule has 0 spiro atoms. The molecular formula is C19H20F2N2O5S. The van der Waals surface area contributed by atoms with Gasteiger partial charge in [-0.1, -0.05) is 32.0 Å². The van der Waals surface area contributed by atoms with Crippen molar-refractivity contribution in [3.05, 3.63) is 60.2 Å². The Labute approximate surface area is 167 Å². The molecular weight excluding hydrogens is 406 g/mol. The van der Waals surface area contributed by atoms with Crippen LogP contribution in [0.25, 0.3) is 0 Å². The third-order valence-corrected chi connectivity index (χ3v) is 5.26. The third-order valence-electron chi connectivity index (χ3n) is 3.80. The quantitative estimate of drug-likeness (QED) is 0.632. The fourth-order valence-corrected chi connectivity index (χ4v) is 3.65. The van der Waals surface area contributed by atoms with E-state index in [2.05, 4.69) is 10.0 Å². The summed E-state index contributed by atoms with van der Waals surface area (Å²) in [5, 5.41) is 2.08. The number of halogens is 2. The van der Waals surface area contributed by atoms with Crippen LogP contribution in [0.4, 0.5) is 14.5 Å². The Bertz CT molecular complexity index is 981. The molecule has 1 atom stereocenters. The molecule has 0 heterocycles. The first-order chi connectivity index (χ1) is 13.6. The lowest BCUT2D eigenvalue weighted by Crippen LogP contribution is -2.45. The average molecular weight is 426 g/mol. The van der Waals surface area contributed by atoms with Crippen LogP contribution in [0.3, 0.4) is 0 Å². The summed E-state index contributed by atoms with van der Waals surface area (Å²) >= 11 is 0. The predicted octanol–water partition coefficient (Wildman–Crippen LogP) is 2.45. The third kappa shape index (κ3) is 6.33. The summed E-state index contributed by atoms with van der Waals surface area (Å²) < 4.78 is 58.6. The van der Waals surface area contributed by atoms with E-state index in [1.807, 2.05) is 0 Å². The monoisotopic (exact) mass is 426 g/mol. The fourth-order valence-electron chi connectivity index (χ4n) is 2.30. The number of sulfonamides is 1. The van der Waals surface area contributed by atoms with E-state index in [9.17, 15) is 26.8 Å². The van der Waals surface area contributed by atoms with Gasteiger partial charge in [0, 0.05) is 6.07 Å². The molecule has 0 aliphatic heterocycles. The SMILES string of the molecule is CC(C)[C@H](NS(=O)(=O)c1ccccc1)C(=O)OCC(=O)Nc1cc(F)ccc1F. The van der Waals surface area contributed by atoms with Gasteiger partial charge in [-0.2, -0.15) is 4.72 Å². The van der Waals surface area contributed by atoms with E-state index in [0.29, 0.717) is 0 Å². The standard InChI is InChI=1S/C19H20F2N2O5S/c1-12(2)18(23-29(26,27)14-6-4-3-5-7-14)19(25)28-11-17(24)22-16-10-13(20)8-9-15(16)21/h3-10,12,18,23H,11H2,1-2H3,(H,22,24)/t18-/m0/s1. The number of rotatable bonds is 8. The molecule has 29 heavy (non-hydrogen) atoms. The minimum absolute atomic E-state index is 0.0298. The van der Waals surface area contributed by atoms with Crippen molar-refractivity contribution in [2.45, 2.75) is 24.8 Å². The largest absolute Gasteiger partial charge is 0.454 e. The molecule has 10 heteroatoms. The highest BCUT2D eigenvalue weighted by Crippen LogP contribution is 2.15. The predicted molar refractivity (Wildman–Crippen MR) is 101 cm³/mol. The van der Waals surface area contributed by atoms with Crippen molar-refractivity contribution in [3.8, 4) is 0 Å². The van der Waals surface area contributed by atoms with Gasteiger partial charge in [0.1, 0.15) is 17.7 Å². The molecule has 0 saturated heterocycles. The Morgan fingerprint density at radius 3 is 2.34 bits per heavy atom. The van der Waals surface area contributed by atoms with Gasteiger partial charge in [0.25, 0.3) is 5.91 Å². The van der Waals surface area contributed by atoms with Gasteiger partial charge in [-0.25, -0.2) is 17.2 Å². The van der Waals surface area contributed by atoms with Gasteiger partial charge in [-0.05, 0) is 30.2 Å². The highest BCUT2D eigenvalue weighted by atomic mass is 32.2. The molecule has 2 rings (SSSR count). The van der Waals surface area contributed by atoms with Crippen LogP contribution in [0.2, 0.25) is 0 Å². The number of hydrogen-bond acceptors (Lipinski definition) is 5. The van der Waals surface area contributed by atoms with Crippen LogP contribution >= 0.6 is 0 Å². The van der Waals surface area contributed by atoms with Crippen LogP contribution in [-0.2, 0) is 24.3 Å². The number of anilines is 1. The molecule has 0 bridgehead atoms. The molecule has 1 amide bonds. The van der Waals surface area contributed by atoms with Gasteiger partial charge in [0.15, 0.2) is 6.61 Å². The average Bonchev–Trinajstić information content (AvgIpc) is 2.67. The lowest BCUT2D eigenvalue weighted by atomic mass is 10.1. The van der Waals surface area contributed by atoms with Gasteiger partial charge in [-0.3, -0.25) is 9.59 Å². The van der Waals surface area contributed by atoms with Crippen LogP contribution < -0.4 is 10.0 Å². The highest BCUT2D eigenvalue weighted by Gasteiger charge is 2.30.